The summed E-state index contributed by atoms with van der Waals surface area (Å²) < 4.78 is 6.74. The largest absolute Gasteiger partial charge is 0.493 e. The van der Waals surface area contributed by atoms with E-state index in [2.05, 4.69) is 22.0 Å². The van der Waals surface area contributed by atoms with Gasteiger partial charge in [0.25, 0.3) is 0 Å². The number of carbonyl (C=O) groups excluding carboxylic acids is 1. The van der Waals surface area contributed by atoms with Crippen LogP contribution in [0.3, 0.4) is 0 Å². The summed E-state index contributed by atoms with van der Waals surface area (Å²) in [7, 11) is 0. The summed E-state index contributed by atoms with van der Waals surface area (Å²) in [5, 5.41) is 0. The zero-order valence-corrected chi connectivity index (χ0v) is 12.3. The number of nitrogens with two attached hydrogens (primary N) is 1. The minimum absolute atomic E-state index is 0.0537. The Morgan fingerprint density at radius 1 is 1.47 bits per heavy atom. The highest BCUT2D eigenvalue weighted by atomic mass is 79.9. The summed E-state index contributed by atoms with van der Waals surface area (Å²) in [4.78, 5) is 13.9. The first-order chi connectivity index (χ1) is 9.15. The van der Waals surface area contributed by atoms with Crippen molar-refractivity contribution in [1.29, 1.82) is 0 Å². The number of benzene rings is 1. The van der Waals surface area contributed by atoms with Gasteiger partial charge < -0.3 is 15.4 Å². The molecule has 0 bridgehead atoms. The number of amides is 1. The van der Waals surface area contributed by atoms with E-state index >= 15 is 0 Å². The Balaban J connectivity index is 1.85. The lowest BCUT2D eigenvalue weighted by Gasteiger charge is -2.30. The first-order valence-electron chi connectivity index (χ1n) is 6.63. The lowest BCUT2D eigenvalue weighted by Crippen LogP contribution is -2.47. The quantitative estimate of drug-likeness (QED) is 0.903. The number of halogens is 1. The van der Waals surface area contributed by atoms with Gasteiger partial charge in [0, 0.05) is 29.5 Å². The molecule has 0 aromatic heterocycles. The van der Waals surface area contributed by atoms with Gasteiger partial charge in [0.1, 0.15) is 5.75 Å². The number of nitrogens with zero attached hydrogens (tertiary/aromatic N) is 1. The van der Waals surface area contributed by atoms with Crippen LogP contribution in [0.2, 0.25) is 0 Å². The van der Waals surface area contributed by atoms with Crippen LogP contribution in [0.25, 0.3) is 0 Å². The number of ether oxygens (including phenoxy) is 1. The maximum Gasteiger partial charge on any atom is 0.239 e. The fourth-order valence-corrected chi connectivity index (χ4v) is 3.35. The molecule has 1 aromatic rings. The Bertz CT molecular complexity index is 518. The maximum absolute atomic E-state index is 12.1. The van der Waals surface area contributed by atoms with Gasteiger partial charge in [0.15, 0.2) is 0 Å². The molecule has 0 aliphatic carbocycles. The molecule has 19 heavy (non-hydrogen) atoms. The van der Waals surface area contributed by atoms with Gasteiger partial charge in [0.05, 0.1) is 12.6 Å². The van der Waals surface area contributed by atoms with E-state index < -0.39 is 0 Å². The summed E-state index contributed by atoms with van der Waals surface area (Å²) in [5.74, 6) is 1.01. The second kappa shape index (κ2) is 5.13. The summed E-state index contributed by atoms with van der Waals surface area (Å²) in [5.41, 5.74) is 8.13. The van der Waals surface area contributed by atoms with E-state index in [1.54, 1.807) is 0 Å². The van der Waals surface area contributed by atoms with Gasteiger partial charge in [-0.15, -0.1) is 0 Å². The molecule has 1 saturated heterocycles. The lowest BCUT2D eigenvalue weighted by atomic mass is 10.0. The predicted octanol–water partition coefficient (Wildman–Crippen LogP) is 1.83. The molecule has 4 nitrogen and oxygen atoms in total. The molecule has 0 spiro atoms. The molecule has 102 valence electrons. The molecule has 3 rings (SSSR count). The molecule has 2 N–H and O–H groups in total. The van der Waals surface area contributed by atoms with E-state index in [9.17, 15) is 4.79 Å². The summed E-state index contributed by atoms with van der Waals surface area (Å²) in [6, 6.07) is 3.79. The third-order valence-corrected chi connectivity index (χ3v) is 4.22. The molecule has 1 amide bonds. The highest BCUT2D eigenvalue weighted by Crippen LogP contribution is 2.34. The lowest BCUT2D eigenvalue weighted by molar-refractivity contribution is -0.135. The first-order valence-corrected chi connectivity index (χ1v) is 7.43. The second-order valence-corrected chi connectivity index (χ2v) is 6.08. The van der Waals surface area contributed by atoms with Gasteiger partial charge in [-0.25, -0.2) is 0 Å². The minimum Gasteiger partial charge on any atom is -0.493 e. The van der Waals surface area contributed by atoms with Crippen LogP contribution in [0.1, 0.15) is 24.0 Å². The van der Waals surface area contributed by atoms with E-state index in [4.69, 9.17) is 10.5 Å². The van der Waals surface area contributed by atoms with Gasteiger partial charge >= 0.3 is 0 Å². The third-order valence-electron chi connectivity index (χ3n) is 3.76. The van der Waals surface area contributed by atoms with Crippen molar-refractivity contribution < 1.29 is 9.53 Å². The molecule has 1 unspecified atom stereocenters. The fraction of sp³-hybridized carbons (Fsp3) is 0.500. The molecular formula is C14H17BrN2O2. The normalized spacial score (nSPS) is 22.3. The van der Waals surface area contributed by atoms with Gasteiger partial charge in [0.2, 0.25) is 5.91 Å². The number of fused-ring (bicyclic) bond motifs is 1. The predicted molar refractivity (Wildman–Crippen MR) is 76.0 cm³/mol. The Kier molecular flexibility index (Phi) is 3.50. The highest BCUT2D eigenvalue weighted by Gasteiger charge is 2.27. The maximum atomic E-state index is 12.1. The zero-order chi connectivity index (χ0) is 13.4. The van der Waals surface area contributed by atoms with Crippen LogP contribution in [0.5, 0.6) is 5.75 Å². The van der Waals surface area contributed by atoms with E-state index in [0.717, 1.165) is 48.2 Å². The number of rotatable bonds is 2. The van der Waals surface area contributed by atoms with Crippen LogP contribution in [-0.2, 0) is 17.8 Å². The van der Waals surface area contributed by atoms with Gasteiger partial charge in [-0.2, -0.15) is 0 Å². The third kappa shape index (κ3) is 2.49. The molecule has 2 aliphatic rings. The minimum atomic E-state index is -0.338. The van der Waals surface area contributed by atoms with Crippen molar-refractivity contribution >= 4 is 21.8 Å². The van der Waals surface area contributed by atoms with E-state index in [1.165, 1.54) is 5.56 Å². The van der Waals surface area contributed by atoms with Crippen LogP contribution in [0.15, 0.2) is 16.6 Å². The zero-order valence-electron chi connectivity index (χ0n) is 10.7. The smallest absolute Gasteiger partial charge is 0.239 e. The van der Waals surface area contributed by atoms with Crippen molar-refractivity contribution in [3.8, 4) is 5.75 Å². The van der Waals surface area contributed by atoms with E-state index in [-0.39, 0.29) is 11.9 Å². The van der Waals surface area contributed by atoms with Crippen LogP contribution in [-0.4, -0.2) is 30.0 Å². The molecule has 0 saturated carbocycles. The first kappa shape index (κ1) is 12.9. The molecule has 1 fully saturated rings. The monoisotopic (exact) mass is 324 g/mol. The molecule has 1 aromatic carbocycles. The fourth-order valence-electron chi connectivity index (χ4n) is 2.80. The van der Waals surface area contributed by atoms with Crippen LogP contribution < -0.4 is 10.5 Å². The van der Waals surface area contributed by atoms with Crippen LogP contribution in [0.4, 0.5) is 0 Å². The van der Waals surface area contributed by atoms with Crippen LogP contribution >= 0.6 is 15.9 Å². The van der Waals surface area contributed by atoms with Crippen molar-refractivity contribution in [3.05, 3.63) is 27.7 Å². The van der Waals surface area contributed by atoms with Crippen molar-refractivity contribution in [1.82, 2.24) is 4.90 Å². The standard InChI is InChI=1S/C14H17BrN2O2/c15-11-6-9-3-5-19-13(9)10(7-11)8-17-4-1-2-12(16)14(17)18/h6-7,12H,1-5,8,16H2. The summed E-state index contributed by atoms with van der Waals surface area (Å²) in [6.07, 6.45) is 2.71. The average Bonchev–Trinajstić information content (AvgIpc) is 2.83. The molecule has 1 atom stereocenters. The van der Waals surface area contributed by atoms with Crippen LogP contribution in [0, 0.1) is 0 Å². The average molecular weight is 325 g/mol. The van der Waals surface area contributed by atoms with Crippen molar-refractivity contribution in [2.45, 2.75) is 31.8 Å². The Morgan fingerprint density at radius 3 is 3.16 bits per heavy atom. The van der Waals surface area contributed by atoms with E-state index in [1.807, 2.05) is 11.0 Å². The molecule has 0 radical (unpaired) electrons. The van der Waals surface area contributed by atoms with E-state index in [0.29, 0.717) is 6.54 Å². The van der Waals surface area contributed by atoms with Crippen molar-refractivity contribution in [2.75, 3.05) is 13.2 Å². The number of hydrogen-bond acceptors (Lipinski definition) is 3. The Morgan fingerprint density at radius 2 is 2.32 bits per heavy atom. The SMILES string of the molecule is NC1CCCN(Cc2cc(Br)cc3c2OCC3)C1=O. The van der Waals surface area contributed by atoms with Crippen molar-refractivity contribution in [2.24, 2.45) is 5.73 Å². The number of likely N-dealkylation sites (tertiary alicyclic amines) is 1. The van der Waals surface area contributed by atoms with Gasteiger partial charge in [-0.3, -0.25) is 4.79 Å². The second-order valence-electron chi connectivity index (χ2n) is 5.16. The molecular weight excluding hydrogens is 308 g/mol. The molecule has 2 heterocycles. The summed E-state index contributed by atoms with van der Waals surface area (Å²) >= 11 is 3.52. The van der Waals surface area contributed by atoms with Crippen molar-refractivity contribution in [3.63, 3.8) is 0 Å². The molecule has 5 heteroatoms. The number of hydrogen-bond donors (Lipinski definition) is 1. The summed E-state index contributed by atoms with van der Waals surface area (Å²) in [6.45, 7) is 2.11. The number of piperidine rings is 1. The topological polar surface area (TPSA) is 55.6 Å². The van der Waals surface area contributed by atoms with Gasteiger partial charge in [-0.05, 0) is 30.5 Å². The molecule has 2 aliphatic heterocycles. The Labute approximate surface area is 121 Å². The Hall–Kier alpha value is -1.07. The van der Waals surface area contributed by atoms with Gasteiger partial charge in [-0.1, -0.05) is 15.9 Å². The number of carbonyl (C=O) groups is 1. The highest BCUT2D eigenvalue weighted by molar-refractivity contribution is 9.10.